The number of sulfonamides is 1. The fourth-order valence-electron chi connectivity index (χ4n) is 1.43. The van der Waals surface area contributed by atoms with Gasteiger partial charge in [0.05, 0.1) is 5.75 Å². The van der Waals surface area contributed by atoms with Gasteiger partial charge in [0.2, 0.25) is 10.0 Å². The van der Waals surface area contributed by atoms with Crippen molar-refractivity contribution < 1.29 is 8.42 Å². The number of hydrogen-bond donors (Lipinski definition) is 0. The van der Waals surface area contributed by atoms with Crippen molar-refractivity contribution in [3.8, 4) is 0 Å². The summed E-state index contributed by atoms with van der Waals surface area (Å²) in [6, 6.07) is 0. The van der Waals surface area contributed by atoms with Gasteiger partial charge in [0.15, 0.2) is 0 Å². The summed E-state index contributed by atoms with van der Waals surface area (Å²) in [7, 11) is -3.48. The van der Waals surface area contributed by atoms with Crippen molar-refractivity contribution in [1.29, 1.82) is 0 Å². The fraction of sp³-hybridized carbons (Fsp3) is 1.00. The Hall–Kier alpha value is -0.0900. The smallest absolute Gasteiger partial charge is 0.211 e. The van der Waals surface area contributed by atoms with E-state index in [0.29, 0.717) is 6.42 Å². The molecule has 0 heterocycles. The van der Waals surface area contributed by atoms with Crippen molar-refractivity contribution >= 4 is 10.0 Å². The van der Waals surface area contributed by atoms with E-state index in [1.54, 1.807) is 0 Å². The predicted molar refractivity (Wildman–Crippen MR) is 59.5 cm³/mol. The fourth-order valence-corrected chi connectivity index (χ4v) is 2.01. The van der Waals surface area contributed by atoms with Gasteiger partial charge in [-0.15, -0.1) is 5.14 Å². The van der Waals surface area contributed by atoms with Gasteiger partial charge in [-0.2, -0.15) is 0 Å². The van der Waals surface area contributed by atoms with Crippen LogP contribution in [-0.4, -0.2) is 14.2 Å². The van der Waals surface area contributed by atoms with Crippen LogP contribution in [0.25, 0.3) is 0 Å². The molecular formula is C10H22NO2S. The van der Waals surface area contributed by atoms with E-state index in [1.807, 2.05) is 0 Å². The second kappa shape index (κ2) is 8.24. The van der Waals surface area contributed by atoms with Gasteiger partial charge in [0.1, 0.15) is 0 Å². The van der Waals surface area contributed by atoms with Gasteiger partial charge >= 0.3 is 0 Å². The first-order valence-electron chi connectivity index (χ1n) is 5.53. The molecule has 0 saturated heterocycles. The molecule has 0 aromatic heterocycles. The third-order valence-electron chi connectivity index (χ3n) is 2.27. The standard InChI is InChI=1S/C10H22NO2S/c1-2-3-4-5-6-7-8-9-10-14(11,12)13/h11H,2-10H2,1H3. The molecule has 4 heteroatoms. The first-order valence-corrected chi connectivity index (χ1v) is 7.19. The van der Waals surface area contributed by atoms with Crippen LogP contribution < -0.4 is 5.14 Å². The predicted octanol–water partition coefficient (Wildman–Crippen LogP) is 2.74. The van der Waals surface area contributed by atoms with Crippen LogP contribution in [0.2, 0.25) is 0 Å². The molecule has 0 amide bonds. The minimum Gasteiger partial charge on any atom is -0.211 e. The minimum absolute atomic E-state index is 0.0297. The molecule has 1 N–H and O–H groups in total. The average molecular weight is 220 g/mol. The summed E-state index contributed by atoms with van der Waals surface area (Å²) in [5.74, 6) is 0.0297. The van der Waals surface area contributed by atoms with Gasteiger partial charge < -0.3 is 0 Å². The lowest BCUT2D eigenvalue weighted by molar-refractivity contribution is 0.572. The van der Waals surface area contributed by atoms with Crippen LogP contribution in [0.4, 0.5) is 0 Å². The maximum atomic E-state index is 10.5. The van der Waals surface area contributed by atoms with E-state index in [0.717, 1.165) is 12.8 Å². The lowest BCUT2D eigenvalue weighted by Gasteiger charge is -2.00. The zero-order valence-corrected chi connectivity index (χ0v) is 9.91. The lowest BCUT2D eigenvalue weighted by atomic mass is 10.1. The molecule has 0 aliphatic heterocycles. The van der Waals surface area contributed by atoms with Crippen molar-refractivity contribution in [2.75, 3.05) is 5.75 Å². The number of unbranched alkanes of at least 4 members (excludes halogenated alkanes) is 7. The normalized spacial score (nSPS) is 11.9. The van der Waals surface area contributed by atoms with E-state index in [1.165, 1.54) is 32.1 Å². The van der Waals surface area contributed by atoms with Crippen LogP contribution in [0.1, 0.15) is 58.3 Å². The molecule has 0 atom stereocenters. The second-order valence-corrected chi connectivity index (χ2v) is 5.43. The highest BCUT2D eigenvalue weighted by Crippen LogP contribution is 2.08. The summed E-state index contributed by atoms with van der Waals surface area (Å²) < 4.78 is 20.9. The lowest BCUT2D eigenvalue weighted by Crippen LogP contribution is -2.05. The van der Waals surface area contributed by atoms with E-state index in [2.05, 4.69) is 6.92 Å². The molecule has 85 valence electrons. The van der Waals surface area contributed by atoms with Gasteiger partial charge in [-0.05, 0) is 6.42 Å². The minimum atomic E-state index is -3.48. The van der Waals surface area contributed by atoms with Gasteiger partial charge in [-0.25, -0.2) is 8.42 Å². The van der Waals surface area contributed by atoms with Crippen molar-refractivity contribution in [2.45, 2.75) is 58.3 Å². The van der Waals surface area contributed by atoms with Crippen molar-refractivity contribution in [2.24, 2.45) is 0 Å². The molecule has 0 bridgehead atoms. The average Bonchev–Trinajstić information content (AvgIpc) is 2.08. The molecule has 14 heavy (non-hydrogen) atoms. The molecule has 0 aromatic carbocycles. The van der Waals surface area contributed by atoms with Crippen LogP contribution in [0.15, 0.2) is 0 Å². The summed E-state index contributed by atoms with van der Waals surface area (Å²) in [4.78, 5) is 0. The van der Waals surface area contributed by atoms with Gasteiger partial charge in [0.25, 0.3) is 0 Å². The first kappa shape index (κ1) is 13.9. The molecule has 0 saturated carbocycles. The molecule has 3 nitrogen and oxygen atoms in total. The highest BCUT2D eigenvalue weighted by Gasteiger charge is 2.01. The number of rotatable bonds is 9. The maximum absolute atomic E-state index is 10.5. The second-order valence-electron chi connectivity index (χ2n) is 3.79. The maximum Gasteiger partial charge on any atom is 0.225 e. The Morgan fingerprint density at radius 1 is 0.857 bits per heavy atom. The Bertz CT molecular complexity index is 212. The van der Waals surface area contributed by atoms with Crippen LogP contribution in [0.5, 0.6) is 0 Å². The number of nitrogens with one attached hydrogen (secondary N) is 1. The van der Waals surface area contributed by atoms with E-state index in [4.69, 9.17) is 5.14 Å². The molecule has 0 aliphatic carbocycles. The van der Waals surface area contributed by atoms with Crippen molar-refractivity contribution in [1.82, 2.24) is 5.14 Å². The number of hydrogen-bond acceptors (Lipinski definition) is 2. The SMILES string of the molecule is CCCCCCCCCCS([NH])(=O)=O. The Morgan fingerprint density at radius 2 is 1.29 bits per heavy atom. The van der Waals surface area contributed by atoms with Gasteiger partial charge in [0, 0.05) is 0 Å². The zero-order chi connectivity index (χ0) is 10.9. The molecule has 0 aliphatic rings. The molecule has 1 radical (unpaired) electrons. The van der Waals surface area contributed by atoms with Crippen LogP contribution in [0, 0.1) is 0 Å². The van der Waals surface area contributed by atoms with Gasteiger partial charge in [-0.1, -0.05) is 51.9 Å². The van der Waals surface area contributed by atoms with E-state index in [9.17, 15) is 8.42 Å². The Balaban J connectivity index is 3.07. The van der Waals surface area contributed by atoms with E-state index < -0.39 is 10.0 Å². The summed E-state index contributed by atoms with van der Waals surface area (Å²) in [6.45, 7) is 2.19. The molecule has 0 aromatic rings. The zero-order valence-electron chi connectivity index (χ0n) is 9.09. The third kappa shape index (κ3) is 11.9. The Kier molecular flexibility index (Phi) is 8.18. The summed E-state index contributed by atoms with van der Waals surface area (Å²) in [6.07, 6.45) is 9.05. The van der Waals surface area contributed by atoms with Crippen molar-refractivity contribution in [3.63, 3.8) is 0 Å². The Morgan fingerprint density at radius 3 is 1.71 bits per heavy atom. The van der Waals surface area contributed by atoms with Crippen molar-refractivity contribution in [3.05, 3.63) is 0 Å². The van der Waals surface area contributed by atoms with Crippen LogP contribution in [-0.2, 0) is 10.0 Å². The molecule has 0 spiro atoms. The van der Waals surface area contributed by atoms with Crippen LogP contribution in [0.3, 0.4) is 0 Å². The van der Waals surface area contributed by atoms with Crippen LogP contribution >= 0.6 is 0 Å². The highest BCUT2D eigenvalue weighted by atomic mass is 32.2. The van der Waals surface area contributed by atoms with E-state index in [-0.39, 0.29) is 5.75 Å². The molecule has 0 unspecified atom stereocenters. The Labute approximate surface area is 88.1 Å². The third-order valence-corrected chi connectivity index (χ3v) is 3.09. The summed E-state index contributed by atoms with van der Waals surface area (Å²) in [5, 5.41) is 6.68. The molecule has 0 fully saturated rings. The quantitative estimate of drug-likeness (QED) is 0.561. The molecule has 0 rings (SSSR count). The molecular weight excluding hydrogens is 198 g/mol. The summed E-state index contributed by atoms with van der Waals surface area (Å²) >= 11 is 0. The highest BCUT2D eigenvalue weighted by molar-refractivity contribution is 7.88. The van der Waals surface area contributed by atoms with Gasteiger partial charge in [-0.3, -0.25) is 0 Å². The topological polar surface area (TPSA) is 57.9 Å². The van der Waals surface area contributed by atoms with E-state index >= 15 is 0 Å². The first-order chi connectivity index (χ1) is 6.56. The summed E-state index contributed by atoms with van der Waals surface area (Å²) in [5.41, 5.74) is 0. The largest absolute Gasteiger partial charge is 0.225 e. The monoisotopic (exact) mass is 220 g/mol.